The number of ketones is 1. The minimum Gasteiger partial charge on any atom is -0.378 e. The first-order valence-electron chi connectivity index (χ1n) is 6.95. The van der Waals surface area contributed by atoms with Crippen molar-refractivity contribution in [3.05, 3.63) is 42.2 Å². The average Bonchev–Trinajstić information content (AvgIpc) is 2.99. The lowest BCUT2D eigenvalue weighted by molar-refractivity contribution is 0.0127. The summed E-state index contributed by atoms with van der Waals surface area (Å²) in [5.74, 6) is 0.0331. The first-order chi connectivity index (χ1) is 9.84. The maximum Gasteiger partial charge on any atom is 0.185 e. The molecule has 1 fully saturated rings. The van der Waals surface area contributed by atoms with Crippen LogP contribution in [0.1, 0.15) is 36.2 Å². The molecule has 0 amide bonds. The maximum atomic E-state index is 12.4. The second-order valence-corrected chi connectivity index (χ2v) is 4.98. The minimum absolute atomic E-state index is 0.0331. The summed E-state index contributed by atoms with van der Waals surface area (Å²) in [5.41, 5.74) is 1.36. The highest BCUT2D eigenvalue weighted by Gasteiger charge is 2.21. The number of Topliss-reactive ketones (excluding diaryl/α,β-unsaturated/α-hetero) is 1. The number of nitrogens with zero attached hydrogens (tertiary/aromatic N) is 3. The zero-order chi connectivity index (χ0) is 13.8. The van der Waals surface area contributed by atoms with Gasteiger partial charge in [0.15, 0.2) is 5.78 Å². The van der Waals surface area contributed by atoms with Gasteiger partial charge in [-0.3, -0.25) is 4.79 Å². The third-order valence-electron chi connectivity index (χ3n) is 3.52. The Morgan fingerprint density at radius 2 is 2.15 bits per heavy atom. The van der Waals surface area contributed by atoms with E-state index >= 15 is 0 Å². The number of rotatable bonds is 4. The normalized spacial score (nSPS) is 18.9. The number of para-hydroxylation sites is 1. The molecule has 1 unspecified atom stereocenters. The summed E-state index contributed by atoms with van der Waals surface area (Å²) < 4.78 is 7.21. The van der Waals surface area contributed by atoms with Crippen molar-refractivity contribution in [1.82, 2.24) is 15.0 Å². The van der Waals surface area contributed by atoms with Gasteiger partial charge in [0.25, 0.3) is 0 Å². The highest BCUT2D eigenvalue weighted by atomic mass is 16.5. The van der Waals surface area contributed by atoms with Gasteiger partial charge in [-0.05, 0) is 31.4 Å². The van der Waals surface area contributed by atoms with Crippen LogP contribution in [0.15, 0.2) is 36.5 Å². The molecule has 2 aromatic rings. The predicted molar refractivity (Wildman–Crippen MR) is 73.9 cm³/mol. The Bertz CT molecular complexity index is 574. The third-order valence-corrected chi connectivity index (χ3v) is 3.52. The molecule has 5 heteroatoms. The largest absolute Gasteiger partial charge is 0.378 e. The van der Waals surface area contributed by atoms with Crippen LogP contribution < -0.4 is 0 Å². The van der Waals surface area contributed by atoms with E-state index in [2.05, 4.69) is 10.3 Å². The summed E-state index contributed by atoms with van der Waals surface area (Å²) in [6, 6.07) is 9.56. The van der Waals surface area contributed by atoms with Crippen molar-refractivity contribution >= 4 is 5.78 Å². The molecule has 0 bridgehead atoms. The quantitative estimate of drug-likeness (QED) is 0.801. The molecule has 5 nitrogen and oxygen atoms in total. The van der Waals surface area contributed by atoms with Crippen LogP contribution in [0.25, 0.3) is 5.69 Å². The SMILES string of the molecule is O=C(CC1CCCCO1)c1cnnn1-c1ccccc1. The van der Waals surface area contributed by atoms with Gasteiger partial charge >= 0.3 is 0 Å². The van der Waals surface area contributed by atoms with Crippen molar-refractivity contribution < 1.29 is 9.53 Å². The van der Waals surface area contributed by atoms with Crippen LogP contribution in [0.4, 0.5) is 0 Å². The number of benzene rings is 1. The molecule has 1 aromatic carbocycles. The van der Waals surface area contributed by atoms with Crippen molar-refractivity contribution in [2.75, 3.05) is 6.61 Å². The molecule has 20 heavy (non-hydrogen) atoms. The molecule has 104 valence electrons. The molecular weight excluding hydrogens is 254 g/mol. The molecule has 0 aliphatic carbocycles. The Morgan fingerprint density at radius 3 is 2.90 bits per heavy atom. The Labute approximate surface area is 117 Å². The standard InChI is InChI=1S/C15H17N3O2/c19-15(10-13-8-4-5-9-20-13)14-11-16-17-18(14)12-6-2-1-3-7-12/h1-3,6-7,11,13H,4-5,8-10H2. The van der Waals surface area contributed by atoms with Crippen LogP contribution in [0.3, 0.4) is 0 Å². The zero-order valence-electron chi connectivity index (χ0n) is 11.2. The Morgan fingerprint density at radius 1 is 1.30 bits per heavy atom. The fraction of sp³-hybridized carbons (Fsp3) is 0.400. The second kappa shape index (κ2) is 5.96. The molecule has 0 saturated carbocycles. The van der Waals surface area contributed by atoms with Crippen molar-refractivity contribution in [1.29, 1.82) is 0 Å². The fourth-order valence-corrected chi connectivity index (χ4v) is 2.46. The van der Waals surface area contributed by atoms with Crippen molar-refractivity contribution in [2.45, 2.75) is 31.8 Å². The van der Waals surface area contributed by atoms with E-state index in [1.807, 2.05) is 30.3 Å². The monoisotopic (exact) mass is 271 g/mol. The lowest BCUT2D eigenvalue weighted by atomic mass is 10.0. The molecule has 1 aliphatic heterocycles. The maximum absolute atomic E-state index is 12.4. The van der Waals surface area contributed by atoms with Crippen molar-refractivity contribution in [2.24, 2.45) is 0 Å². The van der Waals surface area contributed by atoms with E-state index in [0.29, 0.717) is 12.1 Å². The van der Waals surface area contributed by atoms with Crippen LogP contribution in [0.2, 0.25) is 0 Å². The smallest absolute Gasteiger partial charge is 0.185 e. The van der Waals surface area contributed by atoms with Gasteiger partial charge < -0.3 is 4.74 Å². The van der Waals surface area contributed by atoms with Crippen LogP contribution in [0.5, 0.6) is 0 Å². The Hall–Kier alpha value is -2.01. The number of carbonyl (C=O) groups excluding carboxylic acids is 1. The molecule has 0 radical (unpaired) electrons. The van der Waals surface area contributed by atoms with E-state index in [1.165, 1.54) is 6.20 Å². The van der Waals surface area contributed by atoms with Gasteiger partial charge in [0.05, 0.1) is 18.0 Å². The van der Waals surface area contributed by atoms with E-state index in [1.54, 1.807) is 4.68 Å². The van der Waals surface area contributed by atoms with E-state index in [4.69, 9.17) is 4.74 Å². The van der Waals surface area contributed by atoms with Crippen LogP contribution in [-0.2, 0) is 4.74 Å². The summed E-state index contributed by atoms with van der Waals surface area (Å²) >= 11 is 0. The molecular formula is C15H17N3O2. The van der Waals surface area contributed by atoms with E-state index in [0.717, 1.165) is 31.6 Å². The van der Waals surface area contributed by atoms with E-state index < -0.39 is 0 Å². The molecule has 3 rings (SSSR count). The molecule has 1 atom stereocenters. The van der Waals surface area contributed by atoms with Gasteiger partial charge in [-0.1, -0.05) is 23.4 Å². The second-order valence-electron chi connectivity index (χ2n) is 4.98. The lowest BCUT2D eigenvalue weighted by Gasteiger charge is -2.21. The minimum atomic E-state index is 0.0331. The van der Waals surface area contributed by atoms with E-state index in [-0.39, 0.29) is 11.9 Å². The fourth-order valence-electron chi connectivity index (χ4n) is 2.46. The van der Waals surface area contributed by atoms with Crippen molar-refractivity contribution in [3.63, 3.8) is 0 Å². The number of hydrogen-bond acceptors (Lipinski definition) is 4. The summed E-state index contributed by atoms with van der Waals surface area (Å²) in [6.07, 6.45) is 5.15. The molecule has 0 spiro atoms. The van der Waals surface area contributed by atoms with Crippen molar-refractivity contribution in [3.8, 4) is 5.69 Å². The highest BCUT2D eigenvalue weighted by molar-refractivity contribution is 5.95. The summed E-state index contributed by atoms with van der Waals surface area (Å²) in [4.78, 5) is 12.4. The highest BCUT2D eigenvalue weighted by Crippen LogP contribution is 2.18. The number of aromatic nitrogens is 3. The predicted octanol–water partition coefficient (Wildman–Crippen LogP) is 2.41. The first kappa shape index (κ1) is 13.0. The van der Waals surface area contributed by atoms with Crippen LogP contribution in [-0.4, -0.2) is 33.5 Å². The van der Waals surface area contributed by atoms with Gasteiger partial charge in [0.1, 0.15) is 5.69 Å². The Kier molecular flexibility index (Phi) is 3.87. The van der Waals surface area contributed by atoms with Gasteiger partial charge in [-0.25, -0.2) is 4.68 Å². The molecule has 2 heterocycles. The van der Waals surface area contributed by atoms with Gasteiger partial charge in [0, 0.05) is 13.0 Å². The molecule has 1 aromatic heterocycles. The topological polar surface area (TPSA) is 57.0 Å². The number of carbonyl (C=O) groups is 1. The zero-order valence-corrected chi connectivity index (χ0v) is 11.2. The van der Waals surface area contributed by atoms with Gasteiger partial charge in [-0.2, -0.15) is 0 Å². The summed E-state index contributed by atoms with van der Waals surface area (Å²) in [6.45, 7) is 0.758. The molecule has 0 N–H and O–H groups in total. The Balaban J connectivity index is 1.77. The van der Waals surface area contributed by atoms with Crippen LogP contribution in [0, 0.1) is 0 Å². The number of hydrogen-bond donors (Lipinski definition) is 0. The summed E-state index contributed by atoms with van der Waals surface area (Å²) in [5, 5.41) is 7.87. The third kappa shape index (κ3) is 2.77. The van der Waals surface area contributed by atoms with E-state index in [9.17, 15) is 4.79 Å². The van der Waals surface area contributed by atoms with Gasteiger partial charge in [-0.15, -0.1) is 5.10 Å². The lowest BCUT2D eigenvalue weighted by Crippen LogP contribution is -2.23. The molecule has 1 saturated heterocycles. The first-order valence-corrected chi connectivity index (χ1v) is 6.95. The number of ether oxygens (including phenoxy) is 1. The average molecular weight is 271 g/mol. The van der Waals surface area contributed by atoms with Gasteiger partial charge in [0.2, 0.25) is 0 Å². The summed E-state index contributed by atoms with van der Waals surface area (Å²) in [7, 11) is 0. The molecule has 1 aliphatic rings. The van der Waals surface area contributed by atoms with Crippen LogP contribution >= 0.6 is 0 Å².